The number of hydrogen-bond donors (Lipinski definition) is 3. The van der Waals surface area contributed by atoms with Gasteiger partial charge in [-0.2, -0.15) is 10.2 Å². The first-order chi connectivity index (χ1) is 9.22. The molecular formula is C12H18N6O. The molecule has 0 aromatic carbocycles. The van der Waals surface area contributed by atoms with Gasteiger partial charge < -0.3 is 11.1 Å². The summed E-state index contributed by atoms with van der Waals surface area (Å²) in [5.41, 5.74) is 7.41. The van der Waals surface area contributed by atoms with Crippen molar-refractivity contribution in [3.05, 3.63) is 29.8 Å². The number of carbonyl (C=O) groups excluding carboxylic acids is 1. The number of H-pyrrole nitrogens is 1. The molecule has 0 atom stereocenters. The zero-order valence-electron chi connectivity index (χ0n) is 10.9. The summed E-state index contributed by atoms with van der Waals surface area (Å²) in [5, 5.41) is 13.6. The summed E-state index contributed by atoms with van der Waals surface area (Å²) in [6.07, 6.45) is 5.28. The fourth-order valence-corrected chi connectivity index (χ4v) is 1.80. The summed E-state index contributed by atoms with van der Waals surface area (Å²) in [6, 6.07) is 1.84. The van der Waals surface area contributed by atoms with Crippen molar-refractivity contribution in [2.45, 2.75) is 26.3 Å². The van der Waals surface area contributed by atoms with Crippen LogP contribution in [0.5, 0.6) is 0 Å². The van der Waals surface area contributed by atoms with Gasteiger partial charge in [-0.15, -0.1) is 0 Å². The lowest BCUT2D eigenvalue weighted by atomic mass is 10.2. The molecule has 0 aliphatic carbocycles. The van der Waals surface area contributed by atoms with Crippen LogP contribution in [0, 0.1) is 0 Å². The molecule has 0 radical (unpaired) electrons. The molecule has 0 fully saturated rings. The molecule has 19 heavy (non-hydrogen) atoms. The number of nitrogens with one attached hydrogen (secondary N) is 2. The quantitative estimate of drug-likeness (QED) is 0.708. The molecule has 0 saturated heterocycles. The molecule has 2 rings (SSSR count). The molecule has 7 heteroatoms. The minimum atomic E-state index is -0.261. The van der Waals surface area contributed by atoms with Gasteiger partial charge in [-0.25, -0.2) is 0 Å². The van der Waals surface area contributed by atoms with Gasteiger partial charge in [0.25, 0.3) is 5.91 Å². The van der Waals surface area contributed by atoms with E-state index in [0.29, 0.717) is 18.8 Å². The third-order valence-corrected chi connectivity index (χ3v) is 2.78. The van der Waals surface area contributed by atoms with E-state index in [1.165, 1.54) is 0 Å². The van der Waals surface area contributed by atoms with Gasteiger partial charge in [0.2, 0.25) is 0 Å². The molecule has 2 aromatic heterocycles. The molecule has 0 aliphatic heterocycles. The monoisotopic (exact) mass is 262 g/mol. The molecule has 0 unspecified atom stereocenters. The van der Waals surface area contributed by atoms with Gasteiger partial charge in [0.15, 0.2) is 5.69 Å². The van der Waals surface area contributed by atoms with Crippen LogP contribution in [0.1, 0.15) is 29.5 Å². The van der Waals surface area contributed by atoms with Crippen molar-refractivity contribution in [2.24, 2.45) is 0 Å². The number of nitrogen functional groups attached to an aromatic ring is 1. The van der Waals surface area contributed by atoms with Gasteiger partial charge in [-0.05, 0) is 12.5 Å². The Morgan fingerprint density at radius 3 is 3.11 bits per heavy atom. The Hall–Kier alpha value is -2.31. The zero-order valence-corrected chi connectivity index (χ0v) is 10.9. The number of nitrogens with zero attached hydrogens (tertiary/aromatic N) is 3. The number of amides is 1. The standard InChI is InChI=1S/C12H18N6O/c1-2-4-9-10(13)11(17-16-9)12(19)14-6-8-18-7-3-5-15-18/h3,5,7H,2,4,6,8,13H2,1H3,(H,14,19)(H,16,17). The Morgan fingerprint density at radius 1 is 1.58 bits per heavy atom. The van der Waals surface area contributed by atoms with E-state index >= 15 is 0 Å². The van der Waals surface area contributed by atoms with Crippen molar-refractivity contribution in [1.29, 1.82) is 0 Å². The number of aryl methyl sites for hydroxylation is 1. The largest absolute Gasteiger partial charge is 0.395 e. The van der Waals surface area contributed by atoms with Crippen LogP contribution in [0.3, 0.4) is 0 Å². The van der Waals surface area contributed by atoms with Crippen LogP contribution in [0.4, 0.5) is 5.69 Å². The third-order valence-electron chi connectivity index (χ3n) is 2.78. The molecule has 0 saturated carbocycles. The van der Waals surface area contributed by atoms with Gasteiger partial charge in [0.1, 0.15) is 0 Å². The summed E-state index contributed by atoms with van der Waals surface area (Å²) in [6.45, 7) is 3.14. The predicted octanol–water partition coefficient (Wildman–Crippen LogP) is 0.571. The summed E-state index contributed by atoms with van der Waals surface area (Å²) in [7, 11) is 0. The minimum absolute atomic E-state index is 0.261. The van der Waals surface area contributed by atoms with Crippen molar-refractivity contribution in [2.75, 3.05) is 12.3 Å². The second-order valence-electron chi connectivity index (χ2n) is 4.24. The number of hydrogen-bond acceptors (Lipinski definition) is 4. The lowest BCUT2D eigenvalue weighted by Crippen LogP contribution is -2.28. The topological polar surface area (TPSA) is 102 Å². The van der Waals surface area contributed by atoms with E-state index in [0.717, 1.165) is 18.5 Å². The number of aromatic nitrogens is 4. The number of carbonyl (C=O) groups is 1. The Kier molecular flexibility index (Phi) is 4.17. The molecule has 0 spiro atoms. The molecule has 4 N–H and O–H groups in total. The first kappa shape index (κ1) is 13.1. The number of aromatic amines is 1. The summed E-state index contributed by atoms with van der Waals surface area (Å²) in [4.78, 5) is 11.9. The second-order valence-corrected chi connectivity index (χ2v) is 4.24. The maximum absolute atomic E-state index is 11.9. The van der Waals surface area contributed by atoms with Crippen LogP contribution in [-0.2, 0) is 13.0 Å². The fraction of sp³-hybridized carbons (Fsp3) is 0.417. The smallest absolute Gasteiger partial charge is 0.274 e. The average molecular weight is 262 g/mol. The highest BCUT2D eigenvalue weighted by atomic mass is 16.1. The summed E-state index contributed by atoms with van der Waals surface area (Å²) >= 11 is 0. The average Bonchev–Trinajstić information content (AvgIpc) is 3.01. The van der Waals surface area contributed by atoms with Crippen LogP contribution >= 0.6 is 0 Å². The van der Waals surface area contributed by atoms with Crippen molar-refractivity contribution >= 4 is 11.6 Å². The molecular weight excluding hydrogens is 244 g/mol. The zero-order chi connectivity index (χ0) is 13.7. The van der Waals surface area contributed by atoms with Crippen LogP contribution in [0.25, 0.3) is 0 Å². The lowest BCUT2D eigenvalue weighted by Gasteiger charge is -2.04. The molecule has 2 aromatic rings. The lowest BCUT2D eigenvalue weighted by molar-refractivity contribution is 0.0948. The highest BCUT2D eigenvalue weighted by Crippen LogP contribution is 2.15. The van der Waals surface area contributed by atoms with Gasteiger partial charge in [-0.1, -0.05) is 13.3 Å². The Bertz CT molecular complexity index is 530. The molecule has 7 nitrogen and oxygen atoms in total. The van der Waals surface area contributed by atoms with E-state index in [4.69, 9.17) is 5.73 Å². The van der Waals surface area contributed by atoms with E-state index in [9.17, 15) is 4.79 Å². The molecule has 102 valence electrons. The van der Waals surface area contributed by atoms with Crippen molar-refractivity contribution in [3.63, 3.8) is 0 Å². The van der Waals surface area contributed by atoms with E-state index in [2.05, 4.69) is 20.6 Å². The van der Waals surface area contributed by atoms with E-state index in [-0.39, 0.29) is 11.6 Å². The highest BCUT2D eigenvalue weighted by Gasteiger charge is 2.16. The van der Waals surface area contributed by atoms with Gasteiger partial charge in [0.05, 0.1) is 17.9 Å². The van der Waals surface area contributed by atoms with Crippen LogP contribution in [0.15, 0.2) is 18.5 Å². The van der Waals surface area contributed by atoms with Crippen molar-refractivity contribution < 1.29 is 4.79 Å². The fourth-order valence-electron chi connectivity index (χ4n) is 1.80. The first-order valence-corrected chi connectivity index (χ1v) is 6.30. The van der Waals surface area contributed by atoms with Crippen molar-refractivity contribution in [3.8, 4) is 0 Å². The van der Waals surface area contributed by atoms with Crippen LogP contribution in [0.2, 0.25) is 0 Å². The van der Waals surface area contributed by atoms with Crippen molar-refractivity contribution in [1.82, 2.24) is 25.3 Å². The van der Waals surface area contributed by atoms with E-state index < -0.39 is 0 Å². The normalized spacial score (nSPS) is 10.6. The third kappa shape index (κ3) is 3.12. The second kappa shape index (κ2) is 6.03. The minimum Gasteiger partial charge on any atom is -0.395 e. The van der Waals surface area contributed by atoms with Gasteiger partial charge in [-0.3, -0.25) is 14.6 Å². The van der Waals surface area contributed by atoms with Gasteiger partial charge in [0, 0.05) is 18.9 Å². The van der Waals surface area contributed by atoms with Crippen LogP contribution in [-0.4, -0.2) is 32.4 Å². The molecule has 0 bridgehead atoms. The number of nitrogens with two attached hydrogens (primary N) is 1. The molecule has 0 aliphatic rings. The Balaban J connectivity index is 1.89. The SMILES string of the molecule is CCCc1[nH]nc(C(=O)NCCn2cccn2)c1N. The summed E-state index contributed by atoms with van der Waals surface area (Å²) < 4.78 is 1.75. The maximum atomic E-state index is 11.9. The number of rotatable bonds is 6. The summed E-state index contributed by atoms with van der Waals surface area (Å²) in [5.74, 6) is -0.261. The van der Waals surface area contributed by atoms with E-state index in [1.54, 1.807) is 10.9 Å². The Labute approximate surface area is 111 Å². The van der Waals surface area contributed by atoms with Gasteiger partial charge >= 0.3 is 0 Å². The predicted molar refractivity (Wildman–Crippen MR) is 71.6 cm³/mol. The van der Waals surface area contributed by atoms with E-state index in [1.807, 2.05) is 19.2 Å². The molecule has 2 heterocycles. The first-order valence-electron chi connectivity index (χ1n) is 6.30. The number of anilines is 1. The maximum Gasteiger partial charge on any atom is 0.274 e. The van der Waals surface area contributed by atoms with Crippen LogP contribution < -0.4 is 11.1 Å². The molecule has 1 amide bonds. The highest BCUT2D eigenvalue weighted by molar-refractivity contribution is 5.97. The Morgan fingerprint density at radius 2 is 2.42 bits per heavy atom.